The van der Waals surface area contributed by atoms with Crippen molar-refractivity contribution in [3.63, 3.8) is 0 Å². The topological polar surface area (TPSA) is 83.0 Å². The van der Waals surface area contributed by atoms with E-state index in [2.05, 4.69) is 14.8 Å². The number of hydrogen-bond donors (Lipinski definition) is 1. The summed E-state index contributed by atoms with van der Waals surface area (Å²) in [6, 6.07) is 10.4. The summed E-state index contributed by atoms with van der Waals surface area (Å²) in [6.07, 6.45) is 3.58. The van der Waals surface area contributed by atoms with Crippen molar-refractivity contribution < 1.29 is 61.4 Å². The number of piperazine rings is 1. The zero-order chi connectivity index (χ0) is 19.2. The molecule has 29 heavy (non-hydrogen) atoms. The number of benzene rings is 1. The van der Waals surface area contributed by atoms with Gasteiger partial charge < -0.3 is 27.2 Å². The van der Waals surface area contributed by atoms with Crippen molar-refractivity contribution in [3.05, 3.63) is 54.4 Å². The standard InChI is InChI=1S/C20H23N3O4.ClH.Na/c1-15(20(26)16-2-4-18(5-3-16)27-14-19(24)25)22-10-12-23(13-11-22)17-6-8-21-9-7-17;;/h2-9,15H,10-14H2,1H3,(H,24,25);1H;/q;;+1/p-1. The molecule has 3 rings (SSSR count). The maximum absolute atomic E-state index is 12.8. The predicted octanol–water partition coefficient (Wildman–Crippen LogP) is -4.05. The fraction of sp³-hybridized carbons (Fsp3) is 0.350. The van der Waals surface area contributed by atoms with Gasteiger partial charge >= 0.3 is 35.5 Å². The van der Waals surface area contributed by atoms with Crippen molar-refractivity contribution in [1.82, 2.24) is 9.88 Å². The second-order valence-electron chi connectivity index (χ2n) is 6.48. The van der Waals surface area contributed by atoms with Crippen molar-refractivity contribution in [3.8, 4) is 5.75 Å². The molecule has 2 aromatic rings. The van der Waals surface area contributed by atoms with Crippen molar-refractivity contribution in [2.24, 2.45) is 0 Å². The Labute approximate surface area is 198 Å². The third kappa shape index (κ3) is 6.97. The number of carbonyl (C=O) groups excluding carboxylic acids is 1. The zero-order valence-corrected chi connectivity index (χ0v) is 19.4. The molecular formula is C20H23ClN3NaO4. The number of ether oxygens (including phenoxy) is 1. The molecule has 1 N–H and O–H groups in total. The van der Waals surface area contributed by atoms with Gasteiger partial charge in [0.1, 0.15) is 5.75 Å². The summed E-state index contributed by atoms with van der Waals surface area (Å²) in [6.45, 7) is 4.89. The fourth-order valence-electron chi connectivity index (χ4n) is 3.19. The minimum Gasteiger partial charge on any atom is -1.00 e. The van der Waals surface area contributed by atoms with E-state index in [9.17, 15) is 9.59 Å². The van der Waals surface area contributed by atoms with Gasteiger partial charge in [-0.15, -0.1) is 0 Å². The number of carboxylic acid groups (broad SMARTS) is 1. The van der Waals surface area contributed by atoms with Crippen LogP contribution >= 0.6 is 0 Å². The Kier molecular flexibility index (Phi) is 10.6. The van der Waals surface area contributed by atoms with E-state index < -0.39 is 12.6 Å². The number of anilines is 1. The summed E-state index contributed by atoms with van der Waals surface area (Å²) >= 11 is 0. The van der Waals surface area contributed by atoms with E-state index in [1.54, 1.807) is 36.7 Å². The summed E-state index contributed by atoms with van der Waals surface area (Å²) < 4.78 is 5.10. The van der Waals surface area contributed by atoms with Gasteiger partial charge in [0.25, 0.3) is 0 Å². The van der Waals surface area contributed by atoms with Gasteiger partial charge in [-0.1, -0.05) is 0 Å². The van der Waals surface area contributed by atoms with E-state index in [4.69, 9.17) is 9.84 Å². The minimum atomic E-state index is -1.03. The molecule has 1 atom stereocenters. The Balaban J connectivity index is 0.00000210. The van der Waals surface area contributed by atoms with Gasteiger partial charge in [-0.05, 0) is 43.3 Å². The maximum Gasteiger partial charge on any atom is 1.00 e. The van der Waals surface area contributed by atoms with Crippen molar-refractivity contribution in [1.29, 1.82) is 0 Å². The average Bonchev–Trinajstić information content (AvgIpc) is 2.72. The van der Waals surface area contributed by atoms with Crippen LogP contribution in [0.3, 0.4) is 0 Å². The van der Waals surface area contributed by atoms with Gasteiger partial charge in [0.2, 0.25) is 0 Å². The van der Waals surface area contributed by atoms with Crippen LogP contribution in [0, 0.1) is 0 Å². The first-order valence-electron chi connectivity index (χ1n) is 8.92. The van der Waals surface area contributed by atoms with Crippen LogP contribution in [0.1, 0.15) is 17.3 Å². The molecule has 7 nitrogen and oxygen atoms in total. The molecule has 0 spiro atoms. The van der Waals surface area contributed by atoms with Gasteiger partial charge in [-0.25, -0.2) is 4.79 Å². The van der Waals surface area contributed by atoms with Gasteiger partial charge in [0, 0.05) is 49.8 Å². The molecule has 1 aliphatic heterocycles. The number of rotatable bonds is 7. The molecule has 150 valence electrons. The number of halogens is 1. The first-order chi connectivity index (χ1) is 13.0. The van der Waals surface area contributed by atoms with Crippen LogP contribution in [0.15, 0.2) is 48.8 Å². The van der Waals surface area contributed by atoms with Crippen LogP contribution < -0.4 is 51.6 Å². The van der Waals surface area contributed by atoms with Crippen molar-refractivity contribution >= 4 is 17.4 Å². The molecule has 1 fully saturated rings. The molecule has 0 aliphatic carbocycles. The van der Waals surface area contributed by atoms with E-state index in [0.29, 0.717) is 11.3 Å². The molecule has 2 heterocycles. The Morgan fingerprint density at radius 3 is 2.21 bits per heavy atom. The van der Waals surface area contributed by atoms with Gasteiger partial charge in [-0.3, -0.25) is 14.7 Å². The molecule has 0 radical (unpaired) electrons. The Bertz CT molecular complexity index is 784. The normalized spacial score (nSPS) is 14.9. The maximum atomic E-state index is 12.8. The number of ketones is 1. The predicted molar refractivity (Wildman–Crippen MR) is 101 cm³/mol. The third-order valence-corrected chi connectivity index (χ3v) is 4.77. The van der Waals surface area contributed by atoms with Crippen molar-refractivity contribution in [2.75, 3.05) is 37.7 Å². The number of nitrogens with zero attached hydrogens (tertiary/aromatic N) is 3. The average molecular weight is 428 g/mol. The van der Waals surface area contributed by atoms with E-state index in [1.807, 2.05) is 19.1 Å². The monoisotopic (exact) mass is 427 g/mol. The first-order valence-corrected chi connectivity index (χ1v) is 8.92. The molecule has 1 unspecified atom stereocenters. The van der Waals surface area contributed by atoms with Crippen LogP contribution in [0.5, 0.6) is 5.75 Å². The number of Topliss-reactive ketones (excluding diaryl/α,β-unsaturated/α-hetero) is 1. The van der Waals surface area contributed by atoms with Gasteiger partial charge in [0.15, 0.2) is 12.4 Å². The number of pyridine rings is 1. The minimum absolute atomic E-state index is 0. The van der Waals surface area contributed by atoms with E-state index in [-0.39, 0.29) is 53.8 Å². The Hall–Kier alpha value is -1.64. The number of carbonyl (C=O) groups is 2. The van der Waals surface area contributed by atoms with E-state index in [0.717, 1.165) is 31.9 Å². The van der Waals surface area contributed by atoms with Crippen LogP contribution in [0.4, 0.5) is 5.69 Å². The molecule has 1 aliphatic rings. The van der Waals surface area contributed by atoms with Crippen LogP contribution in [0.25, 0.3) is 0 Å². The Morgan fingerprint density at radius 1 is 1.07 bits per heavy atom. The fourth-order valence-corrected chi connectivity index (χ4v) is 3.19. The second-order valence-corrected chi connectivity index (χ2v) is 6.48. The number of aromatic nitrogens is 1. The molecule has 0 amide bonds. The van der Waals surface area contributed by atoms with Crippen LogP contribution in [0.2, 0.25) is 0 Å². The largest absolute Gasteiger partial charge is 1.00 e. The molecule has 1 aromatic carbocycles. The summed E-state index contributed by atoms with van der Waals surface area (Å²) in [7, 11) is 0. The summed E-state index contributed by atoms with van der Waals surface area (Å²) in [4.78, 5) is 31.8. The summed E-state index contributed by atoms with van der Waals surface area (Å²) in [5.74, 6) is -0.542. The molecule has 1 saturated heterocycles. The van der Waals surface area contributed by atoms with Gasteiger partial charge in [0.05, 0.1) is 6.04 Å². The molecule has 0 bridgehead atoms. The van der Waals surface area contributed by atoms with Crippen molar-refractivity contribution in [2.45, 2.75) is 13.0 Å². The molecule has 9 heteroatoms. The number of aliphatic carboxylic acids is 1. The molecule has 0 saturated carbocycles. The summed E-state index contributed by atoms with van der Waals surface area (Å²) in [5, 5.41) is 8.63. The summed E-state index contributed by atoms with van der Waals surface area (Å²) in [5.41, 5.74) is 1.75. The zero-order valence-electron chi connectivity index (χ0n) is 16.6. The first kappa shape index (κ1) is 25.4. The van der Waals surface area contributed by atoms with E-state index >= 15 is 0 Å². The van der Waals surface area contributed by atoms with E-state index in [1.165, 1.54) is 0 Å². The van der Waals surface area contributed by atoms with Gasteiger partial charge in [-0.2, -0.15) is 0 Å². The van der Waals surface area contributed by atoms with Crippen LogP contribution in [-0.2, 0) is 4.79 Å². The smallest absolute Gasteiger partial charge is 1.00 e. The second kappa shape index (κ2) is 12.1. The number of carboxylic acids is 1. The quantitative estimate of drug-likeness (QED) is 0.356. The number of hydrogen-bond acceptors (Lipinski definition) is 6. The molecule has 1 aromatic heterocycles. The Morgan fingerprint density at radius 2 is 1.66 bits per heavy atom. The SMILES string of the molecule is CC(C(=O)c1ccc(OCC(=O)O)cc1)N1CCN(c2ccncc2)CC1.[Cl-].[Na+]. The van der Waals surface area contributed by atoms with Crippen LogP contribution in [-0.4, -0.2) is 65.6 Å². The molecular weight excluding hydrogens is 405 g/mol. The third-order valence-electron chi connectivity index (χ3n) is 4.77.